The van der Waals surface area contributed by atoms with Gasteiger partial charge in [-0.2, -0.15) is 13.2 Å². The quantitative estimate of drug-likeness (QED) is 0.813. The highest BCUT2D eigenvalue weighted by Crippen LogP contribution is 2.29. The van der Waals surface area contributed by atoms with Crippen molar-refractivity contribution in [1.82, 2.24) is 15.0 Å². The number of aromatic nitrogens is 3. The number of aryl methyl sites for hydroxylation is 1. The molecule has 0 radical (unpaired) electrons. The lowest BCUT2D eigenvalue weighted by molar-refractivity contribution is -0.144. The van der Waals surface area contributed by atoms with Gasteiger partial charge >= 0.3 is 6.18 Å². The average Bonchev–Trinajstić information content (AvgIpc) is 2.37. The highest BCUT2D eigenvalue weighted by molar-refractivity contribution is 6.29. The number of halogens is 4. The molecule has 21 heavy (non-hydrogen) atoms. The maximum atomic E-state index is 12.7. The van der Waals surface area contributed by atoms with Gasteiger partial charge in [0.1, 0.15) is 11.0 Å². The third-order valence-electron chi connectivity index (χ3n) is 2.67. The van der Waals surface area contributed by atoms with Crippen molar-refractivity contribution in [2.24, 2.45) is 0 Å². The number of anilines is 1. The van der Waals surface area contributed by atoms with Crippen molar-refractivity contribution in [2.45, 2.75) is 19.6 Å². The van der Waals surface area contributed by atoms with Gasteiger partial charge in [-0.3, -0.25) is 4.98 Å². The van der Waals surface area contributed by atoms with Crippen molar-refractivity contribution in [3.63, 3.8) is 0 Å². The average molecular weight is 317 g/mol. The molecule has 0 N–H and O–H groups in total. The molecule has 0 aliphatic heterocycles. The van der Waals surface area contributed by atoms with Gasteiger partial charge in [0.25, 0.3) is 0 Å². The Bertz CT molecular complexity index is 646. The van der Waals surface area contributed by atoms with Gasteiger partial charge in [0.05, 0.1) is 12.2 Å². The molecule has 0 saturated carbocycles. The van der Waals surface area contributed by atoms with Crippen LogP contribution in [-0.2, 0) is 12.7 Å². The molecule has 2 aromatic heterocycles. The van der Waals surface area contributed by atoms with Crippen LogP contribution in [0, 0.1) is 6.92 Å². The summed E-state index contributed by atoms with van der Waals surface area (Å²) in [6.45, 7) is 2.15. The number of alkyl halides is 3. The summed E-state index contributed by atoms with van der Waals surface area (Å²) in [5, 5.41) is -0.253. The van der Waals surface area contributed by atoms with Crippen molar-refractivity contribution in [2.75, 3.05) is 11.9 Å². The number of hydrogen-bond acceptors (Lipinski definition) is 4. The lowest BCUT2D eigenvalue weighted by Gasteiger charge is -2.19. The molecule has 0 fully saturated rings. The predicted octanol–water partition coefficient (Wildman–Crippen LogP) is 3.49. The Morgan fingerprint density at radius 3 is 2.52 bits per heavy atom. The molecule has 0 aliphatic carbocycles. The van der Waals surface area contributed by atoms with Crippen LogP contribution in [0.25, 0.3) is 0 Å². The van der Waals surface area contributed by atoms with Crippen LogP contribution in [-0.4, -0.2) is 22.0 Å². The topological polar surface area (TPSA) is 41.9 Å². The first-order chi connectivity index (χ1) is 9.75. The molecule has 0 aromatic carbocycles. The van der Waals surface area contributed by atoms with Crippen LogP contribution < -0.4 is 4.90 Å². The second-order valence-electron chi connectivity index (χ2n) is 4.50. The van der Waals surface area contributed by atoms with Crippen LogP contribution in [0.15, 0.2) is 24.3 Å². The zero-order chi connectivity index (χ0) is 15.6. The number of hydrogen-bond donors (Lipinski definition) is 0. The summed E-state index contributed by atoms with van der Waals surface area (Å²) in [6, 6.07) is 6.75. The molecule has 0 bridgehead atoms. The van der Waals surface area contributed by atoms with Crippen molar-refractivity contribution in [3.8, 4) is 0 Å². The van der Waals surface area contributed by atoms with Gasteiger partial charge in [-0.25, -0.2) is 9.97 Å². The SMILES string of the molecule is Cc1cccc(CN(C)c2cc(Cl)nc(C(F)(F)F)n2)n1. The summed E-state index contributed by atoms with van der Waals surface area (Å²) in [4.78, 5) is 12.5. The van der Waals surface area contributed by atoms with E-state index >= 15 is 0 Å². The van der Waals surface area contributed by atoms with Gasteiger partial charge in [0.2, 0.25) is 5.82 Å². The zero-order valence-corrected chi connectivity index (χ0v) is 12.1. The van der Waals surface area contributed by atoms with E-state index in [0.29, 0.717) is 6.54 Å². The molecule has 2 rings (SSSR count). The molecule has 0 saturated heterocycles. The third kappa shape index (κ3) is 4.04. The molecule has 112 valence electrons. The van der Waals surface area contributed by atoms with Crippen molar-refractivity contribution >= 4 is 17.4 Å². The highest BCUT2D eigenvalue weighted by atomic mass is 35.5. The molecular formula is C13H12ClF3N4. The van der Waals surface area contributed by atoms with E-state index in [0.717, 1.165) is 11.4 Å². The van der Waals surface area contributed by atoms with Crippen molar-refractivity contribution in [3.05, 3.63) is 46.6 Å². The first-order valence-corrected chi connectivity index (χ1v) is 6.39. The molecule has 0 unspecified atom stereocenters. The van der Waals surface area contributed by atoms with Gasteiger partial charge in [0.15, 0.2) is 0 Å². The maximum Gasteiger partial charge on any atom is 0.451 e. The first-order valence-electron chi connectivity index (χ1n) is 6.01. The van der Waals surface area contributed by atoms with Crippen LogP contribution in [0.1, 0.15) is 17.2 Å². The van der Waals surface area contributed by atoms with E-state index < -0.39 is 12.0 Å². The van der Waals surface area contributed by atoms with E-state index in [1.54, 1.807) is 13.1 Å². The van der Waals surface area contributed by atoms with Gasteiger partial charge < -0.3 is 4.90 Å². The number of pyridine rings is 1. The molecule has 0 aliphatic rings. The van der Waals surface area contributed by atoms with E-state index in [9.17, 15) is 13.2 Å². The normalized spacial score (nSPS) is 11.5. The van der Waals surface area contributed by atoms with E-state index in [4.69, 9.17) is 11.6 Å². The molecule has 4 nitrogen and oxygen atoms in total. The molecule has 2 aromatic rings. The number of nitrogens with zero attached hydrogens (tertiary/aromatic N) is 4. The molecular weight excluding hydrogens is 305 g/mol. The molecule has 2 heterocycles. The zero-order valence-electron chi connectivity index (χ0n) is 11.3. The van der Waals surface area contributed by atoms with Crippen molar-refractivity contribution < 1.29 is 13.2 Å². The Balaban J connectivity index is 2.27. The minimum atomic E-state index is -4.64. The van der Waals surface area contributed by atoms with Gasteiger partial charge in [0, 0.05) is 18.8 Å². The van der Waals surface area contributed by atoms with Gasteiger partial charge in [-0.1, -0.05) is 17.7 Å². The Labute approximate surface area is 124 Å². The molecule has 0 atom stereocenters. The van der Waals surface area contributed by atoms with Gasteiger partial charge in [-0.15, -0.1) is 0 Å². The minimum Gasteiger partial charge on any atom is -0.354 e. The van der Waals surface area contributed by atoms with Crippen LogP contribution in [0.3, 0.4) is 0 Å². The standard InChI is InChI=1S/C13H12ClF3N4/c1-8-4-3-5-9(18-8)7-21(2)11-6-10(14)19-12(20-11)13(15,16)17/h3-6H,7H2,1-2H3. The summed E-state index contributed by atoms with van der Waals surface area (Å²) >= 11 is 5.63. The fraction of sp³-hybridized carbons (Fsp3) is 0.308. The molecule has 8 heteroatoms. The fourth-order valence-corrected chi connectivity index (χ4v) is 1.92. The minimum absolute atomic E-state index is 0.0885. The summed E-state index contributed by atoms with van der Waals surface area (Å²) in [5.41, 5.74) is 1.55. The Morgan fingerprint density at radius 2 is 1.90 bits per heavy atom. The molecule has 0 amide bonds. The molecule has 0 spiro atoms. The monoisotopic (exact) mass is 316 g/mol. The summed E-state index contributed by atoms with van der Waals surface area (Å²) in [7, 11) is 1.61. The third-order valence-corrected chi connectivity index (χ3v) is 2.86. The maximum absolute atomic E-state index is 12.7. The summed E-state index contributed by atoms with van der Waals surface area (Å²) in [5.74, 6) is -1.17. The second-order valence-corrected chi connectivity index (χ2v) is 4.88. The van der Waals surface area contributed by atoms with Crippen LogP contribution in [0.2, 0.25) is 5.15 Å². The highest BCUT2D eigenvalue weighted by Gasteiger charge is 2.35. The predicted molar refractivity (Wildman–Crippen MR) is 73.1 cm³/mol. The van der Waals surface area contributed by atoms with E-state index in [1.807, 2.05) is 19.1 Å². The Hall–Kier alpha value is -1.89. The lowest BCUT2D eigenvalue weighted by atomic mass is 10.3. The summed E-state index contributed by atoms with van der Waals surface area (Å²) < 4.78 is 38.0. The van der Waals surface area contributed by atoms with Gasteiger partial charge in [-0.05, 0) is 19.1 Å². The first kappa shape index (κ1) is 15.5. The van der Waals surface area contributed by atoms with Crippen LogP contribution in [0.4, 0.5) is 19.0 Å². The van der Waals surface area contributed by atoms with Crippen molar-refractivity contribution in [1.29, 1.82) is 0 Å². The Morgan fingerprint density at radius 1 is 1.19 bits per heavy atom. The largest absolute Gasteiger partial charge is 0.451 e. The number of rotatable bonds is 3. The van der Waals surface area contributed by atoms with Crippen LogP contribution in [0.5, 0.6) is 0 Å². The second kappa shape index (κ2) is 5.85. The van der Waals surface area contributed by atoms with Crippen LogP contribution >= 0.6 is 11.6 Å². The van der Waals surface area contributed by atoms with E-state index in [-0.39, 0.29) is 11.0 Å². The van der Waals surface area contributed by atoms with E-state index in [2.05, 4.69) is 15.0 Å². The Kier molecular flexibility index (Phi) is 4.32. The lowest BCUT2D eigenvalue weighted by Crippen LogP contribution is -2.21. The fourth-order valence-electron chi connectivity index (χ4n) is 1.74. The van der Waals surface area contributed by atoms with E-state index in [1.165, 1.54) is 11.0 Å². The summed E-state index contributed by atoms with van der Waals surface area (Å²) in [6.07, 6.45) is -4.64. The smallest absolute Gasteiger partial charge is 0.354 e.